The van der Waals surface area contributed by atoms with Crippen molar-refractivity contribution in [3.8, 4) is 5.75 Å². The predicted molar refractivity (Wildman–Crippen MR) is 90.8 cm³/mol. The zero-order valence-corrected chi connectivity index (χ0v) is 14.3. The molecule has 0 bridgehead atoms. The van der Waals surface area contributed by atoms with E-state index in [0.29, 0.717) is 11.8 Å². The van der Waals surface area contributed by atoms with Crippen LogP contribution in [0.25, 0.3) is 0 Å². The molecular formula is C18H30OS. The van der Waals surface area contributed by atoms with E-state index in [1.165, 1.54) is 36.3 Å². The van der Waals surface area contributed by atoms with Gasteiger partial charge in [0.05, 0.1) is 6.61 Å². The minimum Gasteiger partial charge on any atom is -0.493 e. The summed E-state index contributed by atoms with van der Waals surface area (Å²) in [5.74, 6) is 3.56. The van der Waals surface area contributed by atoms with Crippen LogP contribution in [0.2, 0.25) is 0 Å². The van der Waals surface area contributed by atoms with Crippen LogP contribution in [0, 0.1) is 11.8 Å². The number of benzene rings is 1. The highest BCUT2D eigenvalue weighted by Crippen LogP contribution is 2.25. The Morgan fingerprint density at radius 3 is 2.60 bits per heavy atom. The molecule has 1 aromatic carbocycles. The summed E-state index contributed by atoms with van der Waals surface area (Å²) in [5.41, 5.74) is 0. The van der Waals surface area contributed by atoms with Gasteiger partial charge in [-0.05, 0) is 48.6 Å². The molecule has 1 atom stereocenters. The van der Waals surface area contributed by atoms with E-state index in [1.54, 1.807) is 0 Å². The minimum absolute atomic E-state index is 0.668. The Balaban J connectivity index is 2.49. The molecule has 0 saturated carbocycles. The van der Waals surface area contributed by atoms with Gasteiger partial charge in [-0.15, -0.1) is 11.8 Å². The summed E-state index contributed by atoms with van der Waals surface area (Å²) in [4.78, 5) is 1.32. The van der Waals surface area contributed by atoms with E-state index in [9.17, 15) is 0 Å². The van der Waals surface area contributed by atoms with Crippen LogP contribution in [-0.4, -0.2) is 12.4 Å². The quantitative estimate of drug-likeness (QED) is 0.487. The maximum Gasteiger partial charge on any atom is 0.120 e. The maximum absolute atomic E-state index is 6.03. The summed E-state index contributed by atoms with van der Waals surface area (Å²) in [6.45, 7) is 9.93. The average Bonchev–Trinajstić information content (AvgIpc) is 2.45. The van der Waals surface area contributed by atoms with E-state index in [2.05, 4.69) is 52.0 Å². The number of rotatable bonds is 10. The van der Waals surface area contributed by atoms with Gasteiger partial charge in [0.2, 0.25) is 0 Å². The van der Waals surface area contributed by atoms with Crippen molar-refractivity contribution >= 4 is 11.8 Å². The van der Waals surface area contributed by atoms with Gasteiger partial charge in [-0.2, -0.15) is 0 Å². The van der Waals surface area contributed by atoms with Crippen LogP contribution < -0.4 is 4.74 Å². The highest BCUT2D eigenvalue weighted by Gasteiger charge is 2.13. The number of hydrogen-bond acceptors (Lipinski definition) is 2. The standard InChI is InChI=1S/C18H30OS/c1-5-7-9-16(15(3)4)14-19-17-10-8-11-18(13-17)20-12-6-2/h8,10-11,13,15-16H,5-7,9,12,14H2,1-4H3. The fraction of sp³-hybridized carbons (Fsp3) is 0.667. The number of thioether (sulfide) groups is 1. The molecular weight excluding hydrogens is 264 g/mol. The molecule has 1 rings (SSSR count). The summed E-state index contributed by atoms with van der Waals surface area (Å²) in [6.07, 6.45) is 5.06. The van der Waals surface area contributed by atoms with Gasteiger partial charge in [0.15, 0.2) is 0 Å². The number of unbranched alkanes of at least 4 members (excludes halogenated alkanes) is 1. The Labute approximate surface area is 129 Å². The lowest BCUT2D eigenvalue weighted by Crippen LogP contribution is -2.18. The van der Waals surface area contributed by atoms with Crippen LogP contribution in [0.3, 0.4) is 0 Å². The number of hydrogen-bond donors (Lipinski definition) is 0. The predicted octanol–water partition coefficient (Wildman–Crippen LogP) is 6.03. The third kappa shape index (κ3) is 6.69. The Morgan fingerprint density at radius 2 is 1.95 bits per heavy atom. The minimum atomic E-state index is 0.668. The second-order valence-corrected chi connectivity index (χ2v) is 6.95. The Kier molecular flexibility index (Phi) is 8.84. The first-order valence-electron chi connectivity index (χ1n) is 8.03. The zero-order valence-electron chi connectivity index (χ0n) is 13.5. The number of ether oxygens (including phenoxy) is 1. The zero-order chi connectivity index (χ0) is 14.8. The topological polar surface area (TPSA) is 9.23 Å². The molecule has 114 valence electrons. The molecule has 2 heteroatoms. The Bertz CT molecular complexity index is 362. The lowest BCUT2D eigenvalue weighted by molar-refractivity contribution is 0.197. The molecule has 0 aliphatic rings. The maximum atomic E-state index is 6.03. The summed E-state index contributed by atoms with van der Waals surface area (Å²) in [5, 5.41) is 0. The van der Waals surface area contributed by atoms with Gasteiger partial charge in [0, 0.05) is 4.90 Å². The van der Waals surface area contributed by atoms with Crippen molar-refractivity contribution in [2.45, 2.75) is 58.3 Å². The molecule has 0 radical (unpaired) electrons. The smallest absolute Gasteiger partial charge is 0.120 e. The van der Waals surface area contributed by atoms with Crippen LogP contribution in [0.15, 0.2) is 29.2 Å². The van der Waals surface area contributed by atoms with E-state index in [0.717, 1.165) is 12.4 Å². The molecule has 0 fully saturated rings. The third-order valence-electron chi connectivity index (χ3n) is 3.61. The summed E-state index contributed by atoms with van der Waals surface area (Å²) < 4.78 is 6.03. The molecule has 0 aliphatic heterocycles. The third-order valence-corrected chi connectivity index (χ3v) is 4.81. The van der Waals surface area contributed by atoms with Gasteiger partial charge in [-0.1, -0.05) is 46.6 Å². The lowest BCUT2D eigenvalue weighted by Gasteiger charge is -2.21. The van der Waals surface area contributed by atoms with Crippen molar-refractivity contribution < 1.29 is 4.74 Å². The van der Waals surface area contributed by atoms with Crippen LogP contribution in [-0.2, 0) is 0 Å². The van der Waals surface area contributed by atoms with Crippen LogP contribution >= 0.6 is 11.8 Å². The first kappa shape index (κ1) is 17.4. The molecule has 1 nitrogen and oxygen atoms in total. The molecule has 0 aliphatic carbocycles. The first-order valence-corrected chi connectivity index (χ1v) is 9.01. The van der Waals surface area contributed by atoms with Gasteiger partial charge >= 0.3 is 0 Å². The van der Waals surface area contributed by atoms with Gasteiger partial charge in [-0.3, -0.25) is 0 Å². The van der Waals surface area contributed by atoms with Crippen molar-refractivity contribution in [3.05, 3.63) is 24.3 Å². The van der Waals surface area contributed by atoms with Crippen molar-refractivity contribution in [2.75, 3.05) is 12.4 Å². The lowest BCUT2D eigenvalue weighted by atomic mass is 9.91. The SMILES string of the molecule is CCCCC(COc1cccc(SCCC)c1)C(C)C. The van der Waals surface area contributed by atoms with E-state index in [1.807, 2.05) is 11.8 Å². The van der Waals surface area contributed by atoms with E-state index in [4.69, 9.17) is 4.74 Å². The molecule has 0 spiro atoms. The first-order chi connectivity index (χ1) is 9.67. The van der Waals surface area contributed by atoms with Crippen molar-refractivity contribution in [2.24, 2.45) is 11.8 Å². The molecule has 0 amide bonds. The van der Waals surface area contributed by atoms with Crippen LogP contribution in [0.4, 0.5) is 0 Å². The van der Waals surface area contributed by atoms with Gasteiger partial charge in [0.25, 0.3) is 0 Å². The van der Waals surface area contributed by atoms with Gasteiger partial charge in [-0.25, -0.2) is 0 Å². The second kappa shape index (κ2) is 10.1. The molecule has 20 heavy (non-hydrogen) atoms. The summed E-state index contributed by atoms with van der Waals surface area (Å²) in [7, 11) is 0. The molecule has 1 aromatic rings. The average molecular weight is 295 g/mol. The normalized spacial score (nSPS) is 12.7. The Hall–Kier alpha value is -0.630. The monoisotopic (exact) mass is 294 g/mol. The summed E-state index contributed by atoms with van der Waals surface area (Å²) >= 11 is 1.91. The van der Waals surface area contributed by atoms with Crippen molar-refractivity contribution in [1.29, 1.82) is 0 Å². The fourth-order valence-electron chi connectivity index (χ4n) is 2.15. The van der Waals surface area contributed by atoms with Crippen LogP contribution in [0.5, 0.6) is 5.75 Å². The molecule has 0 N–H and O–H groups in total. The van der Waals surface area contributed by atoms with Gasteiger partial charge < -0.3 is 4.74 Å². The fourth-order valence-corrected chi connectivity index (χ4v) is 2.97. The van der Waals surface area contributed by atoms with Crippen molar-refractivity contribution in [3.63, 3.8) is 0 Å². The highest BCUT2D eigenvalue weighted by molar-refractivity contribution is 7.99. The molecule has 0 saturated heterocycles. The van der Waals surface area contributed by atoms with Gasteiger partial charge in [0.1, 0.15) is 5.75 Å². The largest absolute Gasteiger partial charge is 0.493 e. The molecule has 1 unspecified atom stereocenters. The molecule has 0 aromatic heterocycles. The summed E-state index contributed by atoms with van der Waals surface area (Å²) in [6, 6.07) is 8.53. The second-order valence-electron chi connectivity index (χ2n) is 5.78. The molecule has 0 heterocycles. The van der Waals surface area contributed by atoms with Crippen LogP contribution in [0.1, 0.15) is 53.4 Å². The highest BCUT2D eigenvalue weighted by atomic mass is 32.2. The van der Waals surface area contributed by atoms with E-state index >= 15 is 0 Å². The Morgan fingerprint density at radius 1 is 1.15 bits per heavy atom. The van der Waals surface area contributed by atoms with E-state index < -0.39 is 0 Å². The van der Waals surface area contributed by atoms with E-state index in [-0.39, 0.29) is 0 Å². The van der Waals surface area contributed by atoms with Crippen molar-refractivity contribution in [1.82, 2.24) is 0 Å².